The van der Waals surface area contributed by atoms with Gasteiger partial charge in [-0.2, -0.15) is 0 Å². The van der Waals surface area contributed by atoms with E-state index in [0.29, 0.717) is 18.1 Å². The van der Waals surface area contributed by atoms with Crippen molar-refractivity contribution in [2.24, 2.45) is 5.41 Å². The monoisotopic (exact) mass is 285 g/mol. The third-order valence-corrected chi connectivity index (χ3v) is 3.61. The molecule has 0 bridgehead atoms. The van der Waals surface area contributed by atoms with Gasteiger partial charge >= 0.3 is 0 Å². The number of hydrogen-bond acceptors (Lipinski definition) is 3. The summed E-state index contributed by atoms with van der Waals surface area (Å²) in [4.78, 5) is 11.6. The van der Waals surface area contributed by atoms with Crippen molar-refractivity contribution in [3.8, 4) is 0 Å². The maximum absolute atomic E-state index is 12.7. The summed E-state index contributed by atoms with van der Waals surface area (Å²) in [6.07, 6.45) is 0. The minimum atomic E-state index is -0.294. The largest absolute Gasteiger partial charge is 0.396 e. The number of carbonyl (C=O) groups is 1. The molecule has 0 unspecified atom stereocenters. The minimum Gasteiger partial charge on any atom is -0.396 e. The average Bonchev–Trinajstić information content (AvgIpc) is 2.39. The Balaban J connectivity index is 2.22. The molecule has 0 atom stereocenters. The number of rotatable bonds is 7. The molecule has 5 heteroatoms. The van der Waals surface area contributed by atoms with Crippen molar-refractivity contribution in [1.82, 2.24) is 5.32 Å². The van der Waals surface area contributed by atoms with Crippen molar-refractivity contribution in [2.45, 2.75) is 19.6 Å². The molecular formula is C14H20FNO2S. The molecule has 2 N–H and O–H groups in total. The van der Waals surface area contributed by atoms with Crippen LogP contribution in [0.3, 0.4) is 0 Å². The van der Waals surface area contributed by atoms with Crippen LogP contribution in [0.1, 0.15) is 19.4 Å². The first-order chi connectivity index (χ1) is 8.93. The van der Waals surface area contributed by atoms with Gasteiger partial charge in [0.1, 0.15) is 5.82 Å². The lowest BCUT2D eigenvalue weighted by Gasteiger charge is -2.21. The highest BCUT2D eigenvalue weighted by Gasteiger charge is 2.17. The van der Waals surface area contributed by atoms with Crippen LogP contribution in [0.25, 0.3) is 0 Å². The fourth-order valence-corrected chi connectivity index (χ4v) is 2.10. The fraction of sp³-hybridized carbons (Fsp3) is 0.500. The van der Waals surface area contributed by atoms with Crippen LogP contribution in [0.2, 0.25) is 0 Å². The summed E-state index contributed by atoms with van der Waals surface area (Å²) < 4.78 is 12.7. The number of hydrogen-bond donors (Lipinski definition) is 2. The summed E-state index contributed by atoms with van der Waals surface area (Å²) in [5.74, 6) is 0.738. The van der Waals surface area contributed by atoms with Crippen molar-refractivity contribution >= 4 is 17.7 Å². The van der Waals surface area contributed by atoms with Crippen LogP contribution in [-0.4, -0.2) is 29.9 Å². The van der Waals surface area contributed by atoms with Crippen LogP contribution >= 0.6 is 11.8 Å². The minimum absolute atomic E-state index is 0.0377. The molecule has 0 aromatic heterocycles. The molecular weight excluding hydrogens is 265 g/mol. The van der Waals surface area contributed by atoms with Gasteiger partial charge in [-0.15, -0.1) is 11.8 Å². The fourth-order valence-electron chi connectivity index (χ4n) is 1.29. The van der Waals surface area contributed by atoms with Crippen molar-refractivity contribution in [3.63, 3.8) is 0 Å². The molecule has 0 aliphatic rings. The van der Waals surface area contributed by atoms with Gasteiger partial charge in [0.2, 0.25) is 5.91 Å². The van der Waals surface area contributed by atoms with Gasteiger partial charge in [-0.3, -0.25) is 4.79 Å². The van der Waals surface area contributed by atoms with Crippen LogP contribution in [0.5, 0.6) is 0 Å². The highest BCUT2D eigenvalue weighted by Crippen LogP contribution is 2.14. The number of benzene rings is 1. The summed E-state index contributed by atoms with van der Waals surface area (Å²) in [7, 11) is 0. The molecule has 0 spiro atoms. The van der Waals surface area contributed by atoms with Gasteiger partial charge in [0.05, 0.1) is 5.75 Å². The van der Waals surface area contributed by atoms with E-state index in [2.05, 4.69) is 5.32 Å². The predicted molar refractivity (Wildman–Crippen MR) is 76.4 cm³/mol. The normalized spacial score (nSPS) is 11.4. The molecule has 19 heavy (non-hydrogen) atoms. The average molecular weight is 285 g/mol. The van der Waals surface area contributed by atoms with Gasteiger partial charge in [0.25, 0.3) is 0 Å². The van der Waals surface area contributed by atoms with E-state index in [0.717, 1.165) is 5.56 Å². The topological polar surface area (TPSA) is 49.3 Å². The SMILES string of the molecule is CC(C)(CO)CNC(=O)CSCc1ccc(F)cc1. The Morgan fingerprint density at radius 1 is 1.37 bits per heavy atom. The second kappa shape index (κ2) is 7.50. The molecule has 0 aliphatic carbocycles. The number of halogens is 1. The quantitative estimate of drug-likeness (QED) is 0.807. The van der Waals surface area contributed by atoms with Gasteiger partial charge in [-0.05, 0) is 17.7 Å². The lowest BCUT2D eigenvalue weighted by molar-refractivity contribution is -0.119. The first-order valence-electron chi connectivity index (χ1n) is 6.13. The molecule has 106 valence electrons. The summed E-state index contributed by atoms with van der Waals surface area (Å²) in [5.41, 5.74) is 0.701. The van der Waals surface area contributed by atoms with E-state index >= 15 is 0 Å². The Morgan fingerprint density at radius 3 is 2.58 bits per heavy atom. The van der Waals surface area contributed by atoms with E-state index in [4.69, 9.17) is 5.11 Å². The third-order valence-electron chi connectivity index (χ3n) is 2.61. The van der Waals surface area contributed by atoms with Gasteiger partial charge in [-0.25, -0.2) is 4.39 Å². The molecule has 1 aromatic rings. The second-order valence-electron chi connectivity index (χ2n) is 5.22. The number of thioether (sulfide) groups is 1. The number of amides is 1. The molecule has 3 nitrogen and oxygen atoms in total. The molecule has 0 aliphatic heterocycles. The van der Waals surface area contributed by atoms with Gasteiger partial charge < -0.3 is 10.4 Å². The van der Waals surface area contributed by atoms with Crippen LogP contribution in [0.4, 0.5) is 4.39 Å². The first-order valence-corrected chi connectivity index (χ1v) is 7.28. The van der Waals surface area contributed by atoms with Gasteiger partial charge in [0.15, 0.2) is 0 Å². The van der Waals surface area contributed by atoms with Crippen molar-refractivity contribution < 1.29 is 14.3 Å². The molecule has 0 saturated carbocycles. The smallest absolute Gasteiger partial charge is 0.230 e. The first kappa shape index (κ1) is 16.0. The van der Waals surface area contributed by atoms with Crippen LogP contribution in [0, 0.1) is 11.2 Å². The second-order valence-corrected chi connectivity index (χ2v) is 6.20. The molecule has 1 aromatic carbocycles. The van der Waals surface area contributed by atoms with E-state index in [9.17, 15) is 9.18 Å². The third kappa shape index (κ3) is 6.59. The maximum atomic E-state index is 12.7. The molecule has 0 radical (unpaired) electrons. The lowest BCUT2D eigenvalue weighted by atomic mass is 9.95. The van der Waals surface area contributed by atoms with Crippen molar-refractivity contribution in [1.29, 1.82) is 0 Å². The van der Waals surface area contributed by atoms with Crippen LogP contribution < -0.4 is 5.32 Å². The standard InChI is InChI=1S/C14H20FNO2S/c1-14(2,10-17)9-16-13(18)8-19-7-11-3-5-12(15)6-4-11/h3-6,17H,7-10H2,1-2H3,(H,16,18). The number of carbonyl (C=O) groups excluding carboxylic acids is 1. The zero-order chi connectivity index (χ0) is 14.3. The number of nitrogens with one attached hydrogen (secondary N) is 1. The predicted octanol–water partition coefficient (Wildman–Crippen LogP) is 2.19. The van der Waals surface area contributed by atoms with Crippen LogP contribution in [-0.2, 0) is 10.5 Å². The Hall–Kier alpha value is -1.07. The van der Waals surface area contributed by atoms with E-state index in [-0.39, 0.29) is 23.7 Å². The van der Waals surface area contributed by atoms with E-state index in [1.54, 1.807) is 12.1 Å². The van der Waals surface area contributed by atoms with Gasteiger partial charge in [-0.1, -0.05) is 26.0 Å². The number of aliphatic hydroxyl groups is 1. The Kier molecular flexibility index (Phi) is 6.31. The summed E-state index contributed by atoms with van der Waals surface area (Å²) in [6.45, 7) is 4.27. The highest BCUT2D eigenvalue weighted by atomic mass is 32.2. The molecule has 0 fully saturated rings. The van der Waals surface area contributed by atoms with Crippen molar-refractivity contribution in [2.75, 3.05) is 18.9 Å². The molecule has 0 saturated heterocycles. The van der Waals surface area contributed by atoms with Gasteiger partial charge in [0, 0.05) is 24.3 Å². The van der Waals surface area contributed by atoms with Crippen molar-refractivity contribution in [3.05, 3.63) is 35.6 Å². The van der Waals surface area contributed by atoms with E-state index in [1.807, 2.05) is 13.8 Å². The Labute approximate surface area is 117 Å². The summed E-state index contributed by atoms with van der Waals surface area (Å²) in [6, 6.07) is 6.27. The Bertz CT molecular complexity index is 406. The number of aliphatic hydroxyl groups excluding tert-OH is 1. The zero-order valence-electron chi connectivity index (χ0n) is 11.3. The Morgan fingerprint density at radius 2 is 2.00 bits per heavy atom. The maximum Gasteiger partial charge on any atom is 0.230 e. The van der Waals surface area contributed by atoms with E-state index < -0.39 is 0 Å². The van der Waals surface area contributed by atoms with Crippen LogP contribution in [0.15, 0.2) is 24.3 Å². The lowest BCUT2D eigenvalue weighted by Crippen LogP contribution is -2.36. The molecule has 0 heterocycles. The summed E-state index contributed by atoms with van der Waals surface area (Å²) in [5, 5.41) is 11.9. The molecule has 1 amide bonds. The molecule has 1 rings (SSSR count). The summed E-state index contributed by atoms with van der Waals surface area (Å²) >= 11 is 1.48. The highest BCUT2D eigenvalue weighted by molar-refractivity contribution is 7.99. The zero-order valence-corrected chi connectivity index (χ0v) is 12.1. The van der Waals surface area contributed by atoms with E-state index in [1.165, 1.54) is 23.9 Å².